The zero-order valence-corrected chi connectivity index (χ0v) is 21.2. The molecule has 0 atom stereocenters. The van der Waals surface area contributed by atoms with Crippen molar-refractivity contribution in [2.24, 2.45) is 11.8 Å². The first kappa shape index (κ1) is 24.9. The molecule has 0 N–H and O–H groups in total. The highest BCUT2D eigenvalue weighted by molar-refractivity contribution is 6.58. The predicted molar refractivity (Wildman–Crippen MR) is 131 cm³/mol. The lowest BCUT2D eigenvalue weighted by molar-refractivity contribution is 0.292. The van der Waals surface area contributed by atoms with Crippen LogP contribution in [0.4, 0.5) is 8.78 Å². The Kier molecular flexibility index (Phi) is 10.5. The molecule has 1 heterocycles. The van der Waals surface area contributed by atoms with Gasteiger partial charge in [0.15, 0.2) is 11.6 Å². The minimum Gasteiger partial charge on any atom is -0.203 e. The zero-order chi connectivity index (χ0) is 22.1. The van der Waals surface area contributed by atoms with E-state index < -0.39 is 11.6 Å². The highest BCUT2D eigenvalue weighted by Gasteiger charge is 2.26. The third kappa shape index (κ3) is 7.40. The van der Waals surface area contributed by atoms with Crippen LogP contribution in [0.15, 0.2) is 12.1 Å². The minimum absolute atomic E-state index is 0.0125. The Hall–Kier alpha value is -0.703. The molecule has 175 valence electrons. The Balaban J connectivity index is 1.29. The quantitative estimate of drug-likeness (QED) is 0.234. The van der Waals surface area contributed by atoms with Crippen LogP contribution in [0, 0.1) is 23.5 Å². The van der Waals surface area contributed by atoms with Crippen molar-refractivity contribution in [1.82, 2.24) is 0 Å². The van der Waals surface area contributed by atoms with Crippen LogP contribution in [-0.2, 0) is 6.42 Å². The SMILES string of the molecule is CCCCC[Si]1CCC(CCCCC2CCC(c3ccc(CC)c(F)c3F)CC2)CC1. The summed E-state index contributed by atoms with van der Waals surface area (Å²) in [6.07, 6.45) is 17.9. The molecule has 0 unspecified atom stereocenters. The highest BCUT2D eigenvalue weighted by atomic mass is 28.3. The third-order valence-electron chi connectivity index (χ3n) is 8.28. The molecular formula is C28H45F2Si. The summed E-state index contributed by atoms with van der Waals surface area (Å²) >= 11 is 0. The van der Waals surface area contributed by atoms with Crippen LogP contribution in [0.25, 0.3) is 0 Å². The summed E-state index contributed by atoms with van der Waals surface area (Å²) in [4.78, 5) is 0. The van der Waals surface area contributed by atoms with Crippen molar-refractivity contribution >= 4 is 8.80 Å². The fraction of sp³-hybridized carbons (Fsp3) is 0.786. The van der Waals surface area contributed by atoms with Crippen LogP contribution >= 0.6 is 0 Å². The first-order chi connectivity index (χ1) is 15.1. The van der Waals surface area contributed by atoms with Crippen molar-refractivity contribution in [2.75, 3.05) is 0 Å². The standard InChI is InChI=1S/C28H45F2Si/c1-3-5-8-19-31-20-17-23(18-21-31)10-7-6-9-22-11-13-25(14-12-22)26-16-15-24(4-2)27(29)28(26)30/h15-16,22-23,25H,3-14,17-21H2,1-2H3. The average molecular weight is 448 g/mol. The number of aryl methyl sites for hydroxylation is 1. The number of halogens is 2. The second-order valence-corrected chi connectivity index (χ2v) is 13.4. The molecule has 1 aromatic rings. The average Bonchev–Trinajstić information content (AvgIpc) is 2.80. The van der Waals surface area contributed by atoms with Gasteiger partial charge >= 0.3 is 0 Å². The second-order valence-electron chi connectivity index (χ2n) is 10.4. The van der Waals surface area contributed by atoms with Gasteiger partial charge in [-0.25, -0.2) is 8.78 Å². The summed E-state index contributed by atoms with van der Waals surface area (Å²) in [5, 5.41) is 0. The van der Waals surface area contributed by atoms with Gasteiger partial charge in [0.25, 0.3) is 0 Å². The van der Waals surface area contributed by atoms with Crippen molar-refractivity contribution < 1.29 is 8.78 Å². The fourth-order valence-electron chi connectivity index (χ4n) is 6.07. The van der Waals surface area contributed by atoms with Crippen LogP contribution in [0.5, 0.6) is 0 Å². The van der Waals surface area contributed by atoms with Gasteiger partial charge in [-0.3, -0.25) is 0 Å². The number of rotatable bonds is 11. The maximum absolute atomic E-state index is 14.5. The molecular weight excluding hydrogens is 402 g/mol. The molecule has 0 bridgehead atoms. The molecule has 0 amide bonds. The molecule has 3 heteroatoms. The van der Waals surface area contributed by atoms with Crippen LogP contribution < -0.4 is 0 Å². The van der Waals surface area contributed by atoms with Crippen LogP contribution in [0.3, 0.4) is 0 Å². The summed E-state index contributed by atoms with van der Waals surface area (Å²) in [7, 11) is 0.0125. The molecule has 31 heavy (non-hydrogen) atoms. The van der Waals surface area contributed by atoms with E-state index in [9.17, 15) is 8.78 Å². The van der Waals surface area contributed by atoms with Gasteiger partial charge in [-0.05, 0) is 61.0 Å². The number of benzene rings is 1. The molecule has 1 saturated carbocycles. The zero-order valence-electron chi connectivity index (χ0n) is 20.2. The monoisotopic (exact) mass is 447 g/mol. The van der Waals surface area contributed by atoms with Gasteiger partial charge in [-0.15, -0.1) is 0 Å². The van der Waals surface area contributed by atoms with E-state index in [1.54, 1.807) is 24.2 Å². The topological polar surface area (TPSA) is 0 Å². The lowest BCUT2D eigenvalue weighted by Gasteiger charge is -2.30. The molecule has 0 aromatic heterocycles. The summed E-state index contributed by atoms with van der Waals surface area (Å²) in [6.45, 7) is 4.19. The Morgan fingerprint density at radius 1 is 0.774 bits per heavy atom. The Morgan fingerprint density at radius 3 is 2.03 bits per heavy atom. The smallest absolute Gasteiger partial charge is 0.162 e. The molecule has 1 aliphatic carbocycles. The van der Waals surface area contributed by atoms with E-state index in [0.717, 1.165) is 24.7 Å². The van der Waals surface area contributed by atoms with Crippen molar-refractivity contribution in [3.8, 4) is 0 Å². The predicted octanol–water partition coefficient (Wildman–Crippen LogP) is 9.46. The van der Waals surface area contributed by atoms with Gasteiger partial charge in [0, 0.05) is 8.80 Å². The van der Waals surface area contributed by atoms with E-state index >= 15 is 0 Å². The molecule has 1 radical (unpaired) electrons. The lowest BCUT2D eigenvalue weighted by atomic mass is 9.76. The van der Waals surface area contributed by atoms with Gasteiger partial charge in [-0.1, -0.05) is 102 Å². The van der Waals surface area contributed by atoms with Crippen LogP contribution in [0.2, 0.25) is 18.1 Å². The van der Waals surface area contributed by atoms with Crippen LogP contribution in [0.1, 0.15) is 114 Å². The van der Waals surface area contributed by atoms with Gasteiger partial charge in [0.05, 0.1) is 0 Å². The second kappa shape index (κ2) is 13.1. The molecule has 1 aromatic carbocycles. The Labute approximate surface area is 192 Å². The lowest BCUT2D eigenvalue weighted by Crippen LogP contribution is -2.21. The van der Waals surface area contributed by atoms with Gasteiger partial charge in [0.1, 0.15) is 0 Å². The largest absolute Gasteiger partial charge is 0.203 e. The van der Waals surface area contributed by atoms with Crippen molar-refractivity contribution in [3.05, 3.63) is 34.9 Å². The van der Waals surface area contributed by atoms with E-state index in [2.05, 4.69) is 6.92 Å². The van der Waals surface area contributed by atoms with Crippen molar-refractivity contribution in [3.63, 3.8) is 0 Å². The summed E-state index contributed by atoms with van der Waals surface area (Å²) in [5.41, 5.74) is 1.13. The van der Waals surface area contributed by atoms with Gasteiger partial charge in [0.2, 0.25) is 0 Å². The molecule has 2 aliphatic rings. The van der Waals surface area contributed by atoms with Crippen molar-refractivity contribution in [2.45, 2.75) is 128 Å². The number of unbranched alkanes of at least 4 members (excludes halogenated alkanes) is 3. The third-order valence-corrected chi connectivity index (χ3v) is 11.3. The summed E-state index contributed by atoms with van der Waals surface area (Å²) in [5.74, 6) is 0.842. The highest BCUT2D eigenvalue weighted by Crippen LogP contribution is 2.40. The van der Waals surface area contributed by atoms with Crippen molar-refractivity contribution in [1.29, 1.82) is 0 Å². The fourth-order valence-corrected chi connectivity index (χ4v) is 9.20. The van der Waals surface area contributed by atoms with E-state index in [0.29, 0.717) is 17.5 Å². The summed E-state index contributed by atoms with van der Waals surface area (Å²) < 4.78 is 28.7. The maximum atomic E-state index is 14.5. The number of hydrogen-bond donors (Lipinski definition) is 0. The molecule has 0 nitrogen and oxygen atoms in total. The Bertz CT molecular complexity index is 643. The molecule has 1 aliphatic heterocycles. The molecule has 1 saturated heterocycles. The first-order valence-electron chi connectivity index (χ1n) is 13.4. The maximum Gasteiger partial charge on any atom is 0.162 e. The Morgan fingerprint density at radius 2 is 1.42 bits per heavy atom. The van der Waals surface area contributed by atoms with E-state index in [4.69, 9.17) is 0 Å². The van der Waals surface area contributed by atoms with Crippen LogP contribution in [-0.4, -0.2) is 8.80 Å². The minimum atomic E-state index is -0.612. The van der Waals surface area contributed by atoms with E-state index in [1.807, 2.05) is 13.0 Å². The van der Waals surface area contributed by atoms with Gasteiger partial charge < -0.3 is 0 Å². The first-order valence-corrected chi connectivity index (χ1v) is 15.5. The normalized spacial score (nSPS) is 23.4. The summed E-state index contributed by atoms with van der Waals surface area (Å²) in [6, 6.07) is 8.38. The van der Waals surface area contributed by atoms with E-state index in [1.165, 1.54) is 70.6 Å². The molecule has 2 fully saturated rings. The molecule has 0 spiro atoms. The van der Waals surface area contributed by atoms with Gasteiger partial charge in [-0.2, -0.15) is 0 Å². The van der Waals surface area contributed by atoms with E-state index in [-0.39, 0.29) is 14.7 Å². The molecule has 3 rings (SSSR count). The number of hydrogen-bond acceptors (Lipinski definition) is 0.